The Morgan fingerprint density at radius 1 is 1.06 bits per heavy atom. The zero-order valence-corrected chi connectivity index (χ0v) is 17.0. The number of nitrogens with two attached hydrogens (primary N) is 1. The first kappa shape index (κ1) is 21.4. The van der Waals surface area contributed by atoms with Crippen LogP contribution in [-0.4, -0.2) is 15.9 Å². The van der Waals surface area contributed by atoms with E-state index in [-0.39, 0.29) is 22.9 Å². The first-order valence-electron chi connectivity index (χ1n) is 9.12. The number of thiocarbonyl (C=S) groups is 1. The third-order valence-corrected chi connectivity index (χ3v) is 4.69. The van der Waals surface area contributed by atoms with Crippen molar-refractivity contribution in [1.29, 1.82) is 5.26 Å². The summed E-state index contributed by atoms with van der Waals surface area (Å²) in [7, 11) is 0. The molecule has 3 rings (SSSR count). The highest BCUT2D eigenvalue weighted by Gasteiger charge is 2.23. The monoisotopic (exact) mass is 431 g/mol. The lowest BCUT2D eigenvalue weighted by atomic mass is 10.1. The number of nitro groups is 1. The quantitative estimate of drug-likeness (QED) is 0.343. The van der Waals surface area contributed by atoms with E-state index >= 15 is 0 Å². The summed E-state index contributed by atoms with van der Waals surface area (Å²) in [5.74, 6) is -0.529. The van der Waals surface area contributed by atoms with Gasteiger partial charge in [0.1, 0.15) is 11.8 Å². The van der Waals surface area contributed by atoms with Gasteiger partial charge >= 0.3 is 0 Å². The Kier molecular flexibility index (Phi) is 6.54. The van der Waals surface area contributed by atoms with Gasteiger partial charge < -0.3 is 11.1 Å². The molecule has 0 aliphatic heterocycles. The van der Waals surface area contributed by atoms with Crippen LogP contribution in [0.25, 0.3) is 0 Å². The van der Waals surface area contributed by atoms with E-state index in [1.54, 1.807) is 65.6 Å². The van der Waals surface area contributed by atoms with Crippen molar-refractivity contribution in [3.63, 3.8) is 0 Å². The SMILES string of the molecule is N#Cc1ccccc1N(C(=S)Nc1ccccc1[N+](=O)[O-])c1ccccc1CC(N)=O. The lowest BCUT2D eigenvalue weighted by Crippen LogP contribution is -2.32. The van der Waals surface area contributed by atoms with Crippen LogP contribution in [0.5, 0.6) is 0 Å². The lowest BCUT2D eigenvalue weighted by molar-refractivity contribution is -0.383. The van der Waals surface area contributed by atoms with Crippen molar-refractivity contribution in [2.24, 2.45) is 5.73 Å². The Labute approximate surface area is 183 Å². The van der Waals surface area contributed by atoms with E-state index in [4.69, 9.17) is 18.0 Å². The van der Waals surface area contributed by atoms with Crippen molar-refractivity contribution >= 4 is 46.0 Å². The van der Waals surface area contributed by atoms with Gasteiger partial charge in [0.25, 0.3) is 5.69 Å². The highest BCUT2D eigenvalue weighted by atomic mass is 32.1. The van der Waals surface area contributed by atoms with Crippen LogP contribution >= 0.6 is 12.2 Å². The van der Waals surface area contributed by atoms with Gasteiger partial charge in [-0.2, -0.15) is 5.26 Å². The second-order valence-corrected chi connectivity index (χ2v) is 6.83. The third kappa shape index (κ3) is 4.83. The fourth-order valence-electron chi connectivity index (χ4n) is 3.09. The summed E-state index contributed by atoms with van der Waals surface area (Å²) in [5, 5.41) is 24.0. The number of anilines is 3. The van der Waals surface area contributed by atoms with E-state index in [9.17, 15) is 20.2 Å². The van der Waals surface area contributed by atoms with E-state index in [0.29, 0.717) is 22.5 Å². The van der Waals surface area contributed by atoms with Crippen molar-refractivity contribution < 1.29 is 9.72 Å². The standard InChI is InChI=1S/C22H17N5O3S/c23-14-16-8-2-5-11-19(16)26(18-10-4-1-7-15(18)13-21(24)28)22(31)25-17-9-3-6-12-20(17)27(29)30/h1-12H,13H2,(H2,24,28)(H,25,31). The third-order valence-electron chi connectivity index (χ3n) is 4.41. The first-order valence-corrected chi connectivity index (χ1v) is 9.53. The number of rotatable bonds is 6. The van der Waals surface area contributed by atoms with Gasteiger partial charge in [-0.05, 0) is 42.0 Å². The van der Waals surface area contributed by atoms with Gasteiger partial charge in [0, 0.05) is 6.07 Å². The Morgan fingerprint density at radius 3 is 2.35 bits per heavy atom. The lowest BCUT2D eigenvalue weighted by Gasteiger charge is -2.28. The highest BCUT2D eigenvalue weighted by Crippen LogP contribution is 2.33. The Hall–Kier alpha value is -4.29. The molecule has 0 aromatic heterocycles. The number of para-hydroxylation sites is 4. The molecule has 31 heavy (non-hydrogen) atoms. The van der Waals surface area contributed by atoms with Crippen LogP contribution in [-0.2, 0) is 11.2 Å². The van der Waals surface area contributed by atoms with Crippen molar-refractivity contribution in [2.45, 2.75) is 6.42 Å². The highest BCUT2D eigenvalue weighted by molar-refractivity contribution is 7.80. The van der Waals surface area contributed by atoms with Crippen LogP contribution in [0.1, 0.15) is 11.1 Å². The molecule has 0 fully saturated rings. The normalized spacial score (nSPS) is 10.0. The molecule has 3 aromatic carbocycles. The minimum atomic E-state index is -0.529. The summed E-state index contributed by atoms with van der Waals surface area (Å²) in [5.41, 5.74) is 7.37. The zero-order chi connectivity index (χ0) is 22.4. The molecule has 154 valence electrons. The maximum absolute atomic E-state index is 11.6. The number of carbonyl (C=O) groups is 1. The summed E-state index contributed by atoms with van der Waals surface area (Å²) >= 11 is 5.62. The smallest absolute Gasteiger partial charge is 0.292 e. The number of benzene rings is 3. The Bertz CT molecular complexity index is 1210. The average Bonchev–Trinajstić information content (AvgIpc) is 2.75. The number of nitro benzene ring substituents is 1. The molecule has 0 bridgehead atoms. The van der Waals surface area contributed by atoms with Gasteiger partial charge in [0.05, 0.1) is 28.3 Å². The number of carbonyl (C=O) groups excluding carboxylic acids is 1. The maximum atomic E-state index is 11.6. The number of hydrogen-bond acceptors (Lipinski definition) is 5. The molecule has 3 aromatic rings. The maximum Gasteiger partial charge on any atom is 0.292 e. The Balaban J connectivity index is 2.15. The zero-order valence-electron chi connectivity index (χ0n) is 16.2. The van der Waals surface area contributed by atoms with Crippen LogP contribution in [0.3, 0.4) is 0 Å². The molecular weight excluding hydrogens is 414 g/mol. The van der Waals surface area contributed by atoms with Gasteiger partial charge in [-0.3, -0.25) is 19.8 Å². The van der Waals surface area contributed by atoms with E-state index in [0.717, 1.165) is 0 Å². The molecular formula is C22H17N5O3S. The number of primary amides is 1. The average molecular weight is 431 g/mol. The van der Waals surface area contributed by atoms with E-state index in [1.165, 1.54) is 12.1 Å². The number of hydrogen-bond donors (Lipinski definition) is 2. The predicted octanol–water partition coefficient (Wildman–Crippen LogP) is 4.03. The predicted molar refractivity (Wildman–Crippen MR) is 122 cm³/mol. The minimum Gasteiger partial charge on any atom is -0.369 e. The van der Waals surface area contributed by atoms with Gasteiger partial charge in [0.2, 0.25) is 5.91 Å². The fourth-order valence-corrected chi connectivity index (χ4v) is 3.39. The van der Waals surface area contributed by atoms with E-state index in [1.807, 2.05) is 0 Å². The number of nitriles is 1. The molecule has 9 heteroatoms. The topological polar surface area (TPSA) is 125 Å². The molecule has 0 atom stereocenters. The number of nitrogens with one attached hydrogen (secondary N) is 1. The van der Waals surface area contributed by atoms with Crippen molar-refractivity contribution in [3.8, 4) is 6.07 Å². The number of nitrogens with zero attached hydrogens (tertiary/aromatic N) is 3. The largest absolute Gasteiger partial charge is 0.369 e. The molecule has 0 spiro atoms. The van der Waals surface area contributed by atoms with Gasteiger partial charge in [-0.25, -0.2) is 0 Å². The van der Waals surface area contributed by atoms with Crippen LogP contribution < -0.4 is 16.0 Å². The molecule has 0 saturated heterocycles. The van der Waals surface area contributed by atoms with E-state index < -0.39 is 10.8 Å². The molecule has 0 unspecified atom stereocenters. The van der Waals surface area contributed by atoms with Crippen molar-refractivity contribution in [1.82, 2.24) is 0 Å². The second-order valence-electron chi connectivity index (χ2n) is 6.44. The molecule has 0 heterocycles. The van der Waals surface area contributed by atoms with Crippen LogP contribution in [0.2, 0.25) is 0 Å². The van der Waals surface area contributed by atoms with Crippen molar-refractivity contribution in [3.05, 3.63) is 94.0 Å². The van der Waals surface area contributed by atoms with Crippen LogP contribution in [0.4, 0.5) is 22.7 Å². The molecule has 0 radical (unpaired) electrons. The first-order chi connectivity index (χ1) is 14.9. The van der Waals surface area contributed by atoms with Crippen LogP contribution in [0.15, 0.2) is 72.8 Å². The summed E-state index contributed by atoms with van der Waals surface area (Å²) in [6.07, 6.45) is -0.0461. The molecule has 0 aliphatic carbocycles. The second kappa shape index (κ2) is 9.47. The van der Waals surface area contributed by atoms with Gasteiger partial charge in [-0.1, -0.05) is 42.5 Å². The minimum absolute atomic E-state index is 0.0461. The molecule has 0 aliphatic rings. The Morgan fingerprint density at radius 2 is 1.68 bits per heavy atom. The summed E-state index contributed by atoms with van der Waals surface area (Å²) in [6.45, 7) is 0. The van der Waals surface area contributed by atoms with Gasteiger partial charge in [0.15, 0.2) is 5.11 Å². The molecule has 8 nitrogen and oxygen atoms in total. The van der Waals surface area contributed by atoms with Crippen LogP contribution in [0, 0.1) is 21.4 Å². The fraction of sp³-hybridized carbons (Fsp3) is 0.0455. The van der Waals surface area contributed by atoms with Crippen molar-refractivity contribution in [2.75, 3.05) is 10.2 Å². The molecule has 1 amide bonds. The summed E-state index contributed by atoms with van der Waals surface area (Å²) in [6, 6.07) is 22.0. The number of amides is 1. The van der Waals surface area contributed by atoms with E-state index in [2.05, 4.69) is 11.4 Å². The summed E-state index contributed by atoms with van der Waals surface area (Å²) < 4.78 is 0. The molecule has 0 saturated carbocycles. The molecule has 3 N–H and O–H groups in total. The van der Waals surface area contributed by atoms with Gasteiger partial charge in [-0.15, -0.1) is 0 Å². The summed E-state index contributed by atoms with van der Waals surface area (Å²) in [4.78, 5) is 24.1.